The first kappa shape index (κ1) is 8.59. The molecule has 0 aromatic carbocycles. The third-order valence-corrected chi connectivity index (χ3v) is 2.40. The van der Waals surface area contributed by atoms with Crippen LogP contribution in [0.15, 0.2) is 6.20 Å². The van der Waals surface area contributed by atoms with Crippen LogP contribution in [0.4, 0.5) is 0 Å². The molecule has 0 saturated heterocycles. The number of aromatic nitrogens is 2. The highest BCUT2D eigenvalue weighted by molar-refractivity contribution is 5.21. The second-order valence-electron chi connectivity index (χ2n) is 3.27. The molecule has 0 atom stereocenters. The number of nitrogens with two attached hydrogens (primary N) is 1. The topological polar surface area (TPSA) is 55.0 Å². The van der Waals surface area contributed by atoms with Crippen LogP contribution < -0.4 is 5.73 Å². The monoisotopic (exact) mass is 178 g/mol. The van der Waals surface area contributed by atoms with Gasteiger partial charge in [-0.1, -0.05) is 6.92 Å². The van der Waals surface area contributed by atoms with Gasteiger partial charge in [-0.05, 0) is 6.54 Å². The lowest BCUT2D eigenvalue weighted by molar-refractivity contribution is 0.299. The largest absolute Gasteiger partial charge is 0.324 e. The fraction of sp³-hybridized carbons (Fsp3) is 0.556. The van der Waals surface area contributed by atoms with E-state index in [0.717, 1.165) is 31.2 Å². The second kappa shape index (κ2) is 3.40. The first-order valence-corrected chi connectivity index (χ1v) is 4.59. The Bertz CT molecular complexity index is 310. The molecule has 1 aromatic heterocycles. The van der Waals surface area contributed by atoms with Crippen molar-refractivity contribution in [2.45, 2.75) is 26.6 Å². The van der Waals surface area contributed by atoms with Crippen LogP contribution in [0.5, 0.6) is 0 Å². The van der Waals surface area contributed by atoms with E-state index in [1.165, 1.54) is 5.56 Å². The molecule has 0 radical (unpaired) electrons. The van der Waals surface area contributed by atoms with Crippen LogP contribution in [-0.4, -0.2) is 21.4 Å². The second-order valence-corrected chi connectivity index (χ2v) is 3.27. The molecule has 0 amide bonds. The molecule has 0 aliphatic carbocycles. The summed E-state index contributed by atoms with van der Waals surface area (Å²) >= 11 is 0. The van der Waals surface area contributed by atoms with Crippen LogP contribution in [0.25, 0.3) is 0 Å². The molecule has 70 valence electrons. The highest BCUT2D eigenvalue weighted by Gasteiger charge is 2.19. The zero-order chi connectivity index (χ0) is 9.26. The molecule has 0 bridgehead atoms. The summed E-state index contributed by atoms with van der Waals surface area (Å²) in [7, 11) is 0. The van der Waals surface area contributed by atoms with Crippen LogP contribution in [0.2, 0.25) is 0 Å². The summed E-state index contributed by atoms with van der Waals surface area (Å²) in [5.74, 6) is 0.747. The Morgan fingerprint density at radius 1 is 1.54 bits per heavy atom. The van der Waals surface area contributed by atoms with Gasteiger partial charge in [0.25, 0.3) is 0 Å². The van der Waals surface area contributed by atoms with E-state index in [9.17, 15) is 0 Å². The van der Waals surface area contributed by atoms with E-state index < -0.39 is 0 Å². The Morgan fingerprint density at radius 2 is 2.38 bits per heavy atom. The van der Waals surface area contributed by atoms with Gasteiger partial charge in [0.05, 0.1) is 12.2 Å². The SMILES string of the molecule is CCN1Cc2cnc(CN)nc2C1. The summed E-state index contributed by atoms with van der Waals surface area (Å²) in [6, 6.07) is 0. The Morgan fingerprint density at radius 3 is 3.08 bits per heavy atom. The molecule has 4 heteroatoms. The van der Waals surface area contributed by atoms with Gasteiger partial charge in [-0.25, -0.2) is 9.97 Å². The van der Waals surface area contributed by atoms with Crippen molar-refractivity contribution in [3.63, 3.8) is 0 Å². The van der Waals surface area contributed by atoms with Gasteiger partial charge in [0.2, 0.25) is 0 Å². The maximum Gasteiger partial charge on any atom is 0.142 e. The maximum absolute atomic E-state index is 5.47. The third kappa shape index (κ3) is 1.55. The lowest BCUT2D eigenvalue weighted by Gasteiger charge is -2.08. The highest BCUT2D eigenvalue weighted by atomic mass is 15.2. The van der Waals surface area contributed by atoms with Crippen LogP contribution in [-0.2, 0) is 19.6 Å². The molecule has 1 aliphatic heterocycles. The van der Waals surface area contributed by atoms with Crippen molar-refractivity contribution in [3.8, 4) is 0 Å². The predicted octanol–water partition coefficient (Wildman–Crippen LogP) is 0.271. The van der Waals surface area contributed by atoms with E-state index in [4.69, 9.17) is 5.73 Å². The molecule has 0 saturated carbocycles. The van der Waals surface area contributed by atoms with Crippen LogP contribution >= 0.6 is 0 Å². The lowest BCUT2D eigenvalue weighted by atomic mass is 10.3. The standard InChI is InChI=1S/C9H14N4/c1-2-13-5-7-4-11-9(3-10)12-8(7)6-13/h4H,2-3,5-6,10H2,1H3. The van der Waals surface area contributed by atoms with Gasteiger partial charge in [0, 0.05) is 24.8 Å². The van der Waals surface area contributed by atoms with Gasteiger partial charge in [-0.2, -0.15) is 0 Å². The quantitative estimate of drug-likeness (QED) is 0.706. The molecular weight excluding hydrogens is 164 g/mol. The van der Waals surface area contributed by atoms with E-state index in [1.807, 2.05) is 6.20 Å². The van der Waals surface area contributed by atoms with Gasteiger partial charge in [-0.15, -0.1) is 0 Å². The van der Waals surface area contributed by atoms with Crippen molar-refractivity contribution in [1.82, 2.24) is 14.9 Å². The van der Waals surface area contributed by atoms with Gasteiger partial charge >= 0.3 is 0 Å². The lowest BCUT2D eigenvalue weighted by Crippen LogP contribution is -2.14. The molecule has 2 heterocycles. The zero-order valence-corrected chi connectivity index (χ0v) is 7.82. The minimum absolute atomic E-state index is 0.430. The molecule has 0 spiro atoms. The normalized spacial score (nSPS) is 16.2. The summed E-state index contributed by atoms with van der Waals surface area (Å²) in [6.45, 7) is 5.58. The van der Waals surface area contributed by atoms with Gasteiger partial charge in [0.15, 0.2) is 0 Å². The van der Waals surface area contributed by atoms with Crippen LogP contribution in [0.1, 0.15) is 24.0 Å². The highest BCUT2D eigenvalue weighted by Crippen LogP contribution is 2.19. The van der Waals surface area contributed by atoms with Crippen LogP contribution in [0.3, 0.4) is 0 Å². The summed E-state index contributed by atoms with van der Waals surface area (Å²) in [6.07, 6.45) is 1.90. The number of fused-ring (bicyclic) bond motifs is 1. The predicted molar refractivity (Wildman–Crippen MR) is 49.7 cm³/mol. The smallest absolute Gasteiger partial charge is 0.142 e. The van der Waals surface area contributed by atoms with E-state index in [-0.39, 0.29) is 0 Å². The number of hydrogen-bond donors (Lipinski definition) is 1. The van der Waals surface area contributed by atoms with Crippen molar-refractivity contribution in [2.75, 3.05) is 6.54 Å². The van der Waals surface area contributed by atoms with E-state index in [2.05, 4.69) is 21.8 Å². The van der Waals surface area contributed by atoms with Gasteiger partial charge in [0.1, 0.15) is 5.82 Å². The van der Waals surface area contributed by atoms with Gasteiger partial charge in [-0.3, -0.25) is 4.90 Å². The average Bonchev–Trinajstić information content (AvgIpc) is 2.58. The van der Waals surface area contributed by atoms with Crippen molar-refractivity contribution in [1.29, 1.82) is 0 Å². The van der Waals surface area contributed by atoms with Crippen molar-refractivity contribution < 1.29 is 0 Å². The summed E-state index contributed by atoms with van der Waals surface area (Å²) in [4.78, 5) is 10.9. The molecule has 1 aromatic rings. The summed E-state index contributed by atoms with van der Waals surface area (Å²) < 4.78 is 0. The molecule has 0 unspecified atom stereocenters. The molecule has 2 rings (SSSR count). The number of hydrogen-bond acceptors (Lipinski definition) is 4. The van der Waals surface area contributed by atoms with E-state index in [0.29, 0.717) is 6.54 Å². The van der Waals surface area contributed by atoms with Crippen molar-refractivity contribution in [2.24, 2.45) is 5.73 Å². The Kier molecular flexibility index (Phi) is 2.24. The first-order valence-electron chi connectivity index (χ1n) is 4.59. The molecule has 2 N–H and O–H groups in total. The number of nitrogens with zero attached hydrogens (tertiary/aromatic N) is 3. The third-order valence-electron chi connectivity index (χ3n) is 2.40. The molecular formula is C9H14N4. The molecule has 0 fully saturated rings. The first-order chi connectivity index (χ1) is 6.33. The minimum Gasteiger partial charge on any atom is -0.324 e. The fourth-order valence-corrected chi connectivity index (χ4v) is 1.58. The Balaban J connectivity index is 2.25. The Labute approximate surface area is 77.8 Å². The van der Waals surface area contributed by atoms with Crippen molar-refractivity contribution >= 4 is 0 Å². The molecule has 4 nitrogen and oxygen atoms in total. The summed E-state index contributed by atoms with van der Waals surface area (Å²) in [5.41, 5.74) is 7.87. The van der Waals surface area contributed by atoms with E-state index in [1.54, 1.807) is 0 Å². The number of rotatable bonds is 2. The van der Waals surface area contributed by atoms with Crippen LogP contribution in [0, 0.1) is 0 Å². The molecule has 13 heavy (non-hydrogen) atoms. The van der Waals surface area contributed by atoms with Gasteiger partial charge < -0.3 is 5.73 Å². The summed E-state index contributed by atoms with van der Waals surface area (Å²) in [5, 5.41) is 0. The molecule has 1 aliphatic rings. The zero-order valence-electron chi connectivity index (χ0n) is 7.82. The van der Waals surface area contributed by atoms with Crippen molar-refractivity contribution in [3.05, 3.63) is 23.3 Å². The Hall–Kier alpha value is -1.00. The minimum atomic E-state index is 0.430. The fourth-order valence-electron chi connectivity index (χ4n) is 1.58. The van der Waals surface area contributed by atoms with E-state index >= 15 is 0 Å². The maximum atomic E-state index is 5.47. The average molecular weight is 178 g/mol.